The van der Waals surface area contributed by atoms with Crippen LogP contribution in [-0.2, 0) is 17.6 Å². The number of benzene rings is 1. The number of carboxylic acid groups (broad SMARTS) is 1. The first kappa shape index (κ1) is 17.2. The van der Waals surface area contributed by atoms with Crippen LogP contribution < -0.4 is 5.56 Å². The average Bonchev–Trinajstić information content (AvgIpc) is 2.98. The van der Waals surface area contributed by atoms with Crippen molar-refractivity contribution in [2.75, 3.05) is 0 Å². The number of aromatic nitrogens is 4. The molecule has 3 rings (SSSR count). The summed E-state index contributed by atoms with van der Waals surface area (Å²) in [5, 5.41) is 17.4. The van der Waals surface area contributed by atoms with Gasteiger partial charge in [-0.05, 0) is 18.4 Å². The van der Waals surface area contributed by atoms with Crippen molar-refractivity contribution >= 4 is 23.5 Å². The van der Waals surface area contributed by atoms with Crippen LogP contribution in [0.2, 0.25) is 0 Å². The summed E-state index contributed by atoms with van der Waals surface area (Å²) >= 11 is 1.14. The summed E-state index contributed by atoms with van der Waals surface area (Å²) in [6.45, 7) is 2.01. The largest absolute Gasteiger partial charge is 0.480 e. The molecule has 0 saturated carbocycles. The molecule has 2 aromatic heterocycles. The van der Waals surface area contributed by atoms with E-state index in [0.717, 1.165) is 29.4 Å². The van der Waals surface area contributed by atoms with Gasteiger partial charge >= 0.3 is 5.97 Å². The third kappa shape index (κ3) is 3.90. The smallest absolute Gasteiger partial charge is 0.317 e. The van der Waals surface area contributed by atoms with E-state index < -0.39 is 11.2 Å². The molecule has 0 aliphatic heterocycles. The Labute approximate surface area is 148 Å². The van der Waals surface area contributed by atoms with Crippen LogP contribution in [0.1, 0.15) is 24.6 Å². The van der Waals surface area contributed by atoms with Gasteiger partial charge in [-0.1, -0.05) is 55.4 Å². The van der Waals surface area contributed by atoms with Gasteiger partial charge in [0.05, 0.1) is 0 Å². The topological polar surface area (TPSA) is 100 Å². The lowest BCUT2D eigenvalue weighted by Gasteiger charge is -2.12. The molecule has 0 spiro atoms. The Balaban J connectivity index is 1.94. The van der Waals surface area contributed by atoms with Gasteiger partial charge in [-0.15, -0.1) is 10.2 Å². The molecule has 7 nitrogen and oxygen atoms in total. The molecule has 8 heteroatoms. The van der Waals surface area contributed by atoms with Crippen molar-refractivity contribution in [3.8, 4) is 0 Å². The Bertz CT molecular complexity index is 936. The molecule has 0 bridgehead atoms. The van der Waals surface area contributed by atoms with Crippen molar-refractivity contribution in [2.45, 2.75) is 36.6 Å². The lowest BCUT2D eigenvalue weighted by molar-refractivity contribution is -0.136. The van der Waals surface area contributed by atoms with Crippen LogP contribution in [0, 0.1) is 0 Å². The Morgan fingerprint density at radius 2 is 2.08 bits per heavy atom. The van der Waals surface area contributed by atoms with Crippen LogP contribution in [0.5, 0.6) is 0 Å². The molecule has 25 heavy (non-hydrogen) atoms. The number of aryl methyl sites for hydroxylation is 1. The molecule has 1 unspecified atom stereocenters. The molecule has 2 N–H and O–H groups in total. The van der Waals surface area contributed by atoms with Gasteiger partial charge in [0.1, 0.15) is 5.25 Å². The summed E-state index contributed by atoms with van der Waals surface area (Å²) in [7, 11) is 0. The monoisotopic (exact) mass is 358 g/mol. The second-order valence-electron chi connectivity index (χ2n) is 5.65. The van der Waals surface area contributed by atoms with Gasteiger partial charge in [0.2, 0.25) is 5.78 Å². The first-order valence-corrected chi connectivity index (χ1v) is 8.87. The maximum absolute atomic E-state index is 11.7. The van der Waals surface area contributed by atoms with Crippen molar-refractivity contribution < 1.29 is 9.90 Å². The Kier molecular flexibility index (Phi) is 5.18. The van der Waals surface area contributed by atoms with E-state index in [-0.39, 0.29) is 5.56 Å². The SMILES string of the molecule is CCCc1cc(=O)[nH]c2nnc(SC(Cc3ccccc3)C(=O)O)n12. The molecule has 0 aliphatic rings. The summed E-state index contributed by atoms with van der Waals surface area (Å²) in [4.78, 5) is 26.1. The van der Waals surface area contributed by atoms with Gasteiger partial charge in [0.15, 0.2) is 5.16 Å². The first-order chi connectivity index (χ1) is 12.1. The lowest BCUT2D eigenvalue weighted by atomic mass is 10.1. The molecule has 2 heterocycles. The Morgan fingerprint density at radius 1 is 1.32 bits per heavy atom. The van der Waals surface area contributed by atoms with E-state index in [1.807, 2.05) is 37.3 Å². The van der Waals surface area contributed by atoms with Crippen LogP contribution in [0.4, 0.5) is 0 Å². The Morgan fingerprint density at radius 3 is 2.76 bits per heavy atom. The van der Waals surface area contributed by atoms with E-state index in [2.05, 4.69) is 15.2 Å². The van der Waals surface area contributed by atoms with Crippen molar-refractivity contribution in [1.82, 2.24) is 19.6 Å². The second kappa shape index (κ2) is 7.52. The van der Waals surface area contributed by atoms with Crippen molar-refractivity contribution in [3.63, 3.8) is 0 Å². The standard InChI is InChI=1S/C17H18N4O3S/c1-2-6-12-10-14(22)18-16-19-20-17(21(12)16)25-13(15(23)24)9-11-7-4-3-5-8-11/h3-5,7-8,10,13H,2,6,9H2,1H3,(H,23,24)(H,18,19,22). The number of H-pyrrole nitrogens is 1. The second-order valence-corrected chi connectivity index (χ2v) is 6.82. The number of hydrogen-bond donors (Lipinski definition) is 2. The first-order valence-electron chi connectivity index (χ1n) is 7.99. The molecule has 1 aromatic carbocycles. The molecular weight excluding hydrogens is 340 g/mol. The van der Waals surface area contributed by atoms with Crippen LogP contribution in [0.15, 0.2) is 46.3 Å². The summed E-state index contributed by atoms with van der Waals surface area (Å²) < 4.78 is 1.73. The number of aliphatic carboxylic acids is 1. The molecule has 0 amide bonds. The number of hydrogen-bond acceptors (Lipinski definition) is 5. The number of fused-ring (bicyclic) bond motifs is 1. The predicted octanol–water partition coefficient (Wildman–Crippen LogP) is 2.16. The van der Waals surface area contributed by atoms with E-state index in [1.165, 1.54) is 6.07 Å². The van der Waals surface area contributed by atoms with E-state index >= 15 is 0 Å². The molecule has 130 valence electrons. The zero-order valence-electron chi connectivity index (χ0n) is 13.7. The minimum atomic E-state index is -0.910. The number of carboxylic acids is 1. The number of aromatic amines is 1. The number of nitrogens with zero attached hydrogens (tertiary/aromatic N) is 3. The third-order valence-corrected chi connectivity index (χ3v) is 4.87. The maximum Gasteiger partial charge on any atom is 0.317 e. The van der Waals surface area contributed by atoms with Crippen molar-refractivity contribution in [1.29, 1.82) is 0 Å². The fourth-order valence-corrected chi connectivity index (χ4v) is 3.65. The van der Waals surface area contributed by atoms with E-state index in [1.54, 1.807) is 4.40 Å². The summed E-state index contributed by atoms with van der Waals surface area (Å²) in [6, 6.07) is 11.0. The summed E-state index contributed by atoms with van der Waals surface area (Å²) in [5.41, 5.74) is 1.48. The lowest BCUT2D eigenvalue weighted by Crippen LogP contribution is -2.20. The zero-order chi connectivity index (χ0) is 17.8. The number of thioether (sulfide) groups is 1. The van der Waals surface area contributed by atoms with Crippen LogP contribution in [-0.4, -0.2) is 35.9 Å². The fourth-order valence-electron chi connectivity index (χ4n) is 2.62. The van der Waals surface area contributed by atoms with E-state index in [9.17, 15) is 14.7 Å². The van der Waals surface area contributed by atoms with Gasteiger partial charge in [-0.25, -0.2) is 0 Å². The van der Waals surface area contributed by atoms with Gasteiger partial charge in [0, 0.05) is 11.8 Å². The van der Waals surface area contributed by atoms with Crippen LogP contribution in [0.3, 0.4) is 0 Å². The molecule has 0 aliphatic carbocycles. The third-order valence-electron chi connectivity index (χ3n) is 3.75. The average molecular weight is 358 g/mol. The van der Waals surface area contributed by atoms with Gasteiger partial charge < -0.3 is 5.11 Å². The highest BCUT2D eigenvalue weighted by Crippen LogP contribution is 2.26. The number of rotatable bonds is 7. The molecular formula is C17H18N4O3S. The van der Waals surface area contributed by atoms with Crippen LogP contribution >= 0.6 is 11.8 Å². The maximum atomic E-state index is 11.7. The van der Waals surface area contributed by atoms with Gasteiger partial charge in [-0.3, -0.25) is 19.0 Å². The molecule has 1 atom stereocenters. The van der Waals surface area contributed by atoms with E-state index in [4.69, 9.17) is 0 Å². The minimum Gasteiger partial charge on any atom is -0.480 e. The molecule has 0 radical (unpaired) electrons. The van der Waals surface area contributed by atoms with Gasteiger partial charge in [0.25, 0.3) is 5.56 Å². The zero-order valence-corrected chi connectivity index (χ0v) is 14.5. The minimum absolute atomic E-state index is 0.237. The molecule has 3 aromatic rings. The number of nitrogens with one attached hydrogen (secondary N) is 1. The van der Waals surface area contributed by atoms with Gasteiger partial charge in [-0.2, -0.15) is 0 Å². The van der Waals surface area contributed by atoms with Crippen molar-refractivity contribution in [2.24, 2.45) is 0 Å². The van der Waals surface area contributed by atoms with E-state index in [0.29, 0.717) is 23.8 Å². The highest BCUT2D eigenvalue weighted by molar-refractivity contribution is 8.00. The number of carbonyl (C=O) groups is 1. The highest BCUT2D eigenvalue weighted by atomic mass is 32.2. The summed E-state index contributed by atoms with van der Waals surface area (Å²) in [6.07, 6.45) is 1.91. The fraction of sp³-hybridized carbons (Fsp3) is 0.294. The van der Waals surface area contributed by atoms with Crippen LogP contribution in [0.25, 0.3) is 5.78 Å². The highest BCUT2D eigenvalue weighted by Gasteiger charge is 2.23. The molecule has 0 fully saturated rings. The summed E-state index contributed by atoms with van der Waals surface area (Å²) in [5.74, 6) is -0.575. The predicted molar refractivity (Wildman–Crippen MR) is 95.0 cm³/mol. The quantitative estimate of drug-likeness (QED) is 0.628. The Hall–Kier alpha value is -2.61. The van der Waals surface area contributed by atoms with Crippen molar-refractivity contribution in [3.05, 3.63) is 58.0 Å². The molecule has 0 saturated heterocycles. The normalized spacial score (nSPS) is 12.4.